The van der Waals surface area contributed by atoms with Crippen LogP contribution in [0.15, 0.2) is 34.9 Å². The number of piperidine rings is 1. The zero-order valence-electron chi connectivity index (χ0n) is 13.1. The van der Waals surface area contributed by atoms with E-state index in [1.54, 1.807) is 12.1 Å². The molecule has 0 bridgehead atoms. The first-order valence-corrected chi connectivity index (χ1v) is 7.59. The summed E-state index contributed by atoms with van der Waals surface area (Å²) >= 11 is 0. The molecule has 1 N–H and O–H groups in total. The zero-order chi connectivity index (χ0) is 16.6. The predicted octanol–water partition coefficient (Wildman–Crippen LogP) is 4.12. The van der Waals surface area contributed by atoms with Gasteiger partial charge in [0.2, 0.25) is 0 Å². The third-order valence-corrected chi connectivity index (χ3v) is 4.48. The Bertz CT molecular complexity index is 709. The van der Waals surface area contributed by atoms with Gasteiger partial charge in [0, 0.05) is 17.6 Å². The highest BCUT2D eigenvalue weighted by Crippen LogP contribution is 2.36. The number of aromatic nitrogens is 1. The predicted molar refractivity (Wildman–Crippen MR) is 82.7 cm³/mol. The lowest BCUT2D eigenvalue weighted by molar-refractivity contribution is 0.0562. The Kier molecular flexibility index (Phi) is 3.83. The molecule has 3 rings (SSSR count). The summed E-state index contributed by atoms with van der Waals surface area (Å²) in [6.45, 7) is 4.22. The second-order valence-corrected chi connectivity index (χ2v) is 6.52. The van der Waals surface area contributed by atoms with Gasteiger partial charge in [0.1, 0.15) is 17.8 Å². The third-order valence-electron chi connectivity index (χ3n) is 4.48. The molecule has 1 aromatic carbocycles. The maximum Gasteiger partial charge on any atom is 0.407 e. The average Bonchev–Trinajstić information content (AvgIpc) is 2.97. The van der Waals surface area contributed by atoms with Crippen LogP contribution in [-0.4, -0.2) is 33.2 Å². The maximum atomic E-state index is 13.0. The van der Waals surface area contributed by atoms with Crippen LogP contribution in [0.5, 0.6) is 0 Å². The molecule has 1 amide bonds. The van der Waals surface area contributed by atoms with Crippen molar-refractivity contribution in [2.45, 2.75) is 38.1 Å². The van der Waals surface area contributed by atoms with Crippen molar-refractivity contribution in [3.05, 3.63) is 42.2 Å². The quantitative estimate of drug-likeness (QED) is 0.904. The highest BCUT2D eigenvalue weighted by molar-refractivity contribution is 5.66. The fourth-order valence-corrected chi connectivity index (χ4v) is 2.99. The van der Waals surface area contributed by atoms with E-state index in [-0.39, 0.29) is 17.3 Å². The summed E-state index contributed by atoms with van der Waals surface area (Å²) in [6.07, 6.45) is 2.18. The first kappa shape index (κ1) is 15.5. The Morgan fingerprint density at radius 2 is 2.09 bits per heavy atom. The molecule has 122 valence electrons. The molecule has 1 fully saturated rings. The van der Waals surface area contributed by atoms with E-state index in [1.807, 2.05) is 13.8 Å². The largest absolute Gasteiger partial charge is 0.465 e. The summed E-state index contributed by atoms with van der Waals surface area (Å²) in [5.41, 5.74) is 1.02. The summed E-state index contributed by atoms with van der Waals surface area (Å²) in [6, 6.07) is 6.03. The fraction of sp³-hybridized carbons (Fsp3) is 0.412. The lowest BCUT2D eigenvalue weighted by atomic mass is 9.85. The molecule has 23 heavy (non-hydrogen) atoms. The Labute approximate surface area is 133 Å². The van der Waals surface area contributed by atoms with Crippen LogP contribution in [0.2, 0.25) is 0 Å². The van der Waals surface area contributed by atoms with Crippen molar-refractivity contribution in [1.29, 1.82) is 0 Å². The SMILES string of the molecule is CC1(C)CC[C@H](c2nc(-c3ccc(F)cc3)co2)CN1C(=O)O. The van der Waals surface area contributed by atoms with E-state index in [2.05, 4.69) is 4.98 Å². The number of hydrogen-bond donors (Lipinski definition) is 1. The minimum atomic E-state index is -0.926. The van der Waals surface area contributed by atoms with E-state index in [9.17, 15) is 14.3 Å². The summed E-state index contributed by atoms with van der Waals surface area (Å²) in [5, 5.41) is 9.39. The average molecular weight is 318 g/mol. The molecule has 1 aromatic heterocycles. The normalized spacial score (nSPS) is 20.5. The molecule has 0 spiro atoms. The number of rotatable bonds is 2. The highest BCUT2D eigenvalue weighted by atomic mass is 19.1. The van der Waals surface area contributed by atoms with Gasteiger partial charge in [0.15, 0.2) is 5.89 Å². The van der Waals surface area contributed by atoms with Crippen molar-refractivity contribution in [3.8, 4) is 11.3 Å². The van der Waals surface area contributed by atoms with E-state index in [0.717, 1.165) is 18.4 Å². The Morgan fingerprint density at radius 1 is 1.39 bits per heavy atom. The second kappa shape index (κ2) is 5.68. The van der Waals surface area contributed by atoms with Crippen molar-refractivity contribution < 1.29 is 18.7 Å². The number of benzene rings is 1. The van der Waals surface area contributed by atoms with Crippen molar-refractivity contribution in [2.24, 2.45) is 0 Å². The third kappa shape index (κ3) is 3.06. The van der Waals surface area contributed by atoms with Crippen LogP contribution in [-0.2, 0) is 0 Å². The van der Waals surface area contributed by atoms with Crippen LogP contribution in [0.25, 0.3) is 11.3 Å². The molecular formula is C17H19FN2O3. The van der Waals surface area contributed by atoms with Gasteiger partial charge in [0.25, 0.3) is 0 Å². The lowest BCUT2D eigenvalue weighted by Gasteiger charge is -2.43. The summed E-state index contributed by atoms with van der Waals surface area (Å²) in [5.74, 6) is 0.170. The van der Waals surface area contributed by atoms with E-state index < -0.39 is 6.09 Å². The minimum Gasteiger partial charge on any atom is -0.465 e. The molecule has 2 aromatic rings. The molecule has 1 aliphatic rings. The van der Waals surface area contributed by atoms with E-state index in [1.165, 1.54) is 23.3 Å². The van der Waals surface area contributed by atoms with Crippen LogP contribution >= 0.6 is 0 Å². The fourth-order valence-electron chi connectivity index (χ4n) is 2.99. The topological polar surface area (TPSA) is 66.6 Å². The highest BCUT2D eigenvalue weighted by Gasteiger charge is 2.39. The van der Waals surface area contributed by atoms with Gasteiger partial charge in [-0.3, -0.25) is 0 Å². The van der Waals surface area contributed by atoms with Gasteiger partial charge >= 0.3 is 6.09 Å². The smallest absolute Gasteiger partial charge is 0.407 e. The molecule has 1 aliphatic heterocycles. The standard InChI is InChI=1S/C17H19FN2O3/c1-17(2)8-7-12(9-20(17)16(21)22)15-19-14(10-23-15)11-3-5-13(18)6-4-11/h3-6,10,12H,7-9H2,1-2H3,(H,21,22)/t12-/m0/s1. The van der Waals surface area contributed by atoms with E-state index >= 15 is 0 Å². The molecular weight excluding hydrogens is 299 g/mol. The summed E-state index contributed by atoms with van der Waals surface area (Å²) in [7, 11) is 0. The number of oxazole rings is 1. The van der Waals surface area contributed by atoms with Crippen molar-refractivity contribution in [3.63, 3.8) is 0 Å². The van der Waals surface area contributed by atoms with Crippen molar-refractivity contribution in [2.75, 3.05) is 6.54 Å². The van der Waals surface area contributed by atoms with Gasteiger partial charge in [-0.2, -0.15) is 0 Å². The molecule has 6 heteroatoms. The van der Waals surface area contributed by atoms with E-state index in [0.29, 0.717) is 18.1 Å². The molecule has 2 heterocycles. The maximum absolute atomic E-state index is 13.0. The molecule has 0 saturated carbocycles. The van der Waals surface area contributed by atoms with E-state index in [4.69, 9.17) is 4.42 Å². The van der Waals surface area contributed by atoms with Gasteiger partial charge < -0.3 is 14.4 Å². The number of likely N-dealkylation sites (tertiary alicyclic amines) is 1. The molecule has 5 nitrogen and oxygen atoms in total. The lowest BCUT2D eigenvalue weighted by Crippen LogP contribution is -2.52. The first-order valence-electron chi connectivity index (χ1n) is 7.59. The van der Waals surface area contributed by atoms with Crippen LogP contribution in [0, 0.1) is 5.82 Å². The Morgan fingerprint density at radius 3 is 2.74 bits per heavy atom. The van der Waals surface area contributed by atoms with Crippen LogP contribution in [0.3, 0.4) is 0 Å². The number of nitrogens with zero attached hydrogens (tertiary/aromatic N) is 2. The Balaban J connectivity index is 1.81. The van der Waals surface area contributed by atoms with Gasteiger partial charge in [0.05, 0.1) is 5.92 Å². The first-order chi connectivity index (χ1) is 10.9. The van der Waals surface area contributed by atoms with Gasteiger partial charge in [-0.1, -0.05) is 0 Å². The molecule has 0 radical (unpaired) electrons. The molecule has 0 unspecified atom stereocenters. The van der Waals surface area contributed by atoms with Gasteiger partial charge in [-0.15, -0.1) is 0 Å². The molecule has 1 atom stereocenters. The Hall–Kier alpha value is -2.37. The van der Waals surface area contributed by atoms with Crippen LogP contribution in [0.1, 0.15) is 38.5 Å². The summed E-state index contributed by atoms with van der Waals surface area (Å²) < 4.78 is 18.5. The number of carbonyl (C=O) groups is 1. The molecule has 0 aliphatic carbocycles. The number of halogens is 1. The van der Waals surface area contributed by atoms with Crippen LogP contribution < -0.4 is 0 Å². The van der Waals surface area contributed by atoms with Gasteiger partial charge in [-0.25, -0.2) is 14.2 Å². The zero-order valence-corrected chi connectivity index (χ0v) is 13.1. The van der Waals surface area contributed by atoms with Crippen molar-refractivity contribution in [1.82, 2.24) is 9.88 Å². The number of amides is 1. The summed E-state index contributed by atoms with van der Waals surface area (Å²) in [4.78, 5) is 17.4. The second-order valence-electron chi connectivity index (χ2n) is 6.52. The minimum absolute atomic E-state index is 0.0617. The van der Waals surface area contributed by atoms with Gasteiger partial charge in [-0.05, 0) is 51.0 Å². The monoisotopic (exact) mass is 318 g/mol. The molecule has 1 saturated heterocycles. The van der Waals surface area contributed by atoms with Crippen LogP contribution in [0.4, 0.5) is 9.18 Å². The number of hydrogen-bond acceptors (Lipinski definition) is 3. The van der Waals surface area contributed by atoms with Crippen molar-refractivity contribution >= 4 is 6.09 Å². The number of carboxylic acid groups (broad SMARTS) is 1.